The van der Waals surface area contributed by atoms with Crippen molar-refractivity contribution in [3.63, 3.8) is 0 Å². The zero-order chi connectivity index (χ0) is 3.58. The quantitative estimate of drug-likeness (QED) is 0.463. The van der Waals surface area contributed by atoms with E-state index in [1.54, 1.807) is 0 Å². The second kappa shape index (κ2) is 1.80. The summed E-state index contributed by atoms with van der Waals surface area (Å²) in [6.45, 7) is 0. The predicted octanol–water partition coefficient (Wildman–Crippen LogP) is 0.181. The summed E-state index contributed by atoms with van der Waals surface area (Å²) in [6.07, 6.45) is 0. The van der Waals surface area contributed by atoms with E-state index in [1.807, 2.05) is 0 Å². The van der Waals surface area contributed by atoms with E-state index < -0.39 is 4.06 Å². The van der Waals surface area contributed by atoms with Crippen LogP contribution in [0, 0.1) is 0 Å². The molecule has 0 saturated heterocycles. The summed E-state index contributed by atoms with van der Waals surface area (Å²) >= 11 is 0.691. The van der Waals surface area contributed by atoms with Crippen LogP contribution in [0.15, 0.2) is 0 Å². The summed E-state index contributed by atoms with van der Waals surface area (Å²) in [5.74, 6) is 0. The topological polar surface area (TPSA) is 0 Å². The average Bonchev–Trinajstić information content (AvgIpc) is 0.811. The third-order valence-electron chi connectivity index (χ3n) is 0. The van der Waals surface area contributed by atoms with Gasteiger partial charge in [0, 0.05) is 0 Å². The van der Waals surface area contributed by atoms with Gasteiger partial charge < -0.3 is 0 Å². The van der Waals surface area contributed by atoms with Gasteiger partial charge in [-0.3, -0.25) is 0 Å². The molecule has 24 valence electrons. The molecule has 3 heteroatoms. The molecule has 0 aliphatic carbocycles. The second-order valence-corrected chi connectivity index (χ2v) is 1.11. The Bertz CT molecular complexity index is 29.0. The average molecular weight is 178 g/mol. The Labute approximate surface area is 35.2 Å². The molecule has 0 bridgehead atoms. The molecule has 0 N–H and O–H groups in total. The van der Waals surface area contributed by atoms with Crippen molar-refractivity contribution in [3.8, 4) is 0 Å². The molecule has 0 radical (unpaired) electrons. The van der Waals surface area contributed by atoms with Crippen LogP contribution in [0.25, 0.3) is 0 Å². The molecule has 0 unspecified atom stereocenters. The monoisotopic (exact) mass is 180 g/mol. The molecule has 0 aliphatic rings. The van der Waals surface area contributed by atoms with Crippen LogP contribution in [-0.2, 0) is 0 Å². The Morgan fingerprint density at radius 2 is 1.50 bits per heavy atom. The molecule has 0 fully saturated rings. The van der Waals surface area contributed by atoms with Gasteiger partial charge in [0.1, 0.15) is 0 Å². The van der Waals surface area contributed by atoms with Gasteiger partial charge in [-0.05, 0) is 0 Å². The second-order valence-electron chi connectivity index (χ2n) is 0.226. The predicted molar refractivity (Wildman–Crippen MR) is 13.0 cm³/mol. The van der Waals surface area contributed by atoms with Crippen molar-refractivity contribution >= 4 is 25.9 Å². The SMILES string of the molecule is FC(F)=[Te]. The van der Waals surface area contributed by atoms with Gasteiger partial charge in [-0.25, -0.2) is 0 Å². The summed E-state index contributed by atoms with van der Waals surface area (Å²) in [5, 5.41) is 0. The molecule has 0 aromatic rings. The van der Waals surface area contributed by atoms with Crippen molar-refractivity contribution in [3.05, 3.63) is 0 Å². The Kier molecular flexibility index (Phi) is 2.04. The summed E-state index contributed by atoms with van der Waals surface area (Å²) in [7, 11) is 0. The number of halogens is 2. The van der Waals surface area contributed by atoms with Crippen molar-refractivity contribution in [1.82, 2.24) is 0 Å². The first kappa shape index (κ1) is 4.52. The minimum atomic E-state index is -1.57. The molecule has 4 heavy (non-hydrogen) atoms. The Morgan fingerprint density at radius 3 is 1.50 bits per heavy atom. The molecule has 0 atom stereocenters. The van der Waals surface area contributed by atoms with Crippen LogP contribution in [-0.4, -0.2) is 25.9 Å². The summed E-state index contributed by atoms with van der Waals surface area (Å²) in [6, 6.07) is 0. The molecular weight excluding hydrogens is 178 g/mol. The van der Waals surface area contributed by atoms with Crippen molar-refractivity contribution in [2.24, 2.45) is 0 Å². The number of hydrogen-bond acceptors (Lipinski definition) is 0. The van der Waals surface area contributed by atoms with Crippen LogP contribution in [0.4, 0.5) is 8.78 Å². The Balaban J connectivity index is 2.80. The van der Waals surface area contributed by atoms with Gasteiger partial charge in [0.2, 0.25) is 0 Å². The first-order chi connectivity index (χ1) is 1.73. The number of rotatable bonds is 0. The van der Waals surface area contributed by atoms with Crippen molar-refractivity contribution in [1.29, 1.82) is 0 Å². The van der Waals surface area contributed by atoms with Gasteiger partial charge in [-0.2, -0.15) is 0 Å². The Morgan fingerprint density at radius 1 is 1.50 bits per heavy atom. The number of hydrogen-bond donors (Lipinski definition) is 0. The first-order valence-electron chi connectivity index (χ1n) is 0.582. The van der Waals surface area contributed by atoms with Crippen molar-refractivity contribution < 1.29 is 8.78 Å². The Hall–Kier alpha value is 0.520. The van der Waals surface area contributed by atoms with E-state index in [4.69, 9.17) is 0 Å². The van der Waals surface area contributed by atoms with E-state index in [0.29, 0.717) is 21.8 Å². The van der Waals surface area contributed by atoms with E-state index in [0.717, 1.165) is 0 Å². The third kappa shape index (κ3) is 21.5. The van der Waals surface area contributed by atoms with Crippen LogP contribution in [0.2, 0.25) is 0 Å². The molecule has 0 saturated carbocycles. The van der Waals surface area contributed by atoms with E-state index in [-0.39, 0.29) is 0 Å². The fourth-order valence-electron chi connectivity index (χ4n) is 0. The molecule has 0 amide bonds. The normalized spacial score (nSPS) is 6.50. The third-order valence-corrected chi connectivity index (χ3v) is 0. The van der Waals surface area contributed by atoms with Gasteiger partial charge in [-0.1, -0.05) is 0 Å². The fourth-order valence-corrected chi connectivity index (χ4v) is 0. The van der Waals surface area contributed by atoms with Gasteiger partial charge in [0.05, 0.1) is 0 Å². The van der Waals surface area contributed by atoms with Crippen LogP contribution in [0.5, 0.6) is 0 Å². The zero-order valence-electron chi connectivity index (χ0n) is 1.66. The van der Waals surface area contributed by atoms with Crippen LogP contribution in [0.3, 0.4) is 0 Å². The molecule has 0 aromatic carbocycles. The summed E-state index contributed by atoms with van der Waals surface area (Å²) in [5.41, 5.74) is 0. The zero-order valence-corrected chi connectivity index (χ0v) is 3.99. The van der Waals surface area contributed by atoms with E-state index >= 15 is 0 Å². The summed E-state index contributed by atoms with van der Waals surface area (Å²) < 4.78 is 18.9. The molecule has 0 spiro atoms. The molecule has 0 rings (SSSR count). The fraction of sp³-hybridized carbons (Fsp3) is 0. The van der Waals surface area contributed by atoms with Gasteiger partial charge in [0.25, 0.3) is 0 Å². The van der Waals surface area contributed by atoms with E-state index in [9.17, 15) is 8.78 Å². The molecule has 0 aliphatic heterocycles. The maximum atomic E-state index is 10.3. The van der Waals surface area contributed by atoms with Crippen LogP contribution >= 0.6 is 0 Å². The van der Waals surface area contributed by atoms with Gasteiger partial charge in [0.15, 0.2) is 0 Å². The summed E-state index contributed by atoms with van der Waals surface area (Å²) in [4.78, 5) is 0. The first-order valence-corrected chi connectivity index (χ1v) is 1.75. The van der Waals surface area contributed by atoms with Crippen molar-refractivity contribution in [2.75, 3.05) is 0 Å². The van der Waals surface area contributed by atoms with Gasteiger partial charge >= 0.3 is 34.7 Å². The molecule has 0 nitrogen and oxygen atoms in total. The maximum absolute atomic E-state index is 10.3. The molecule has 0 heterocycles. The molecular formula is CF2Te. The molecule has 0 aromatic heterocycles. The minimum absolute atomic E-state index is 0.691. The van der Waals surface area contributed by atoms with Crippen LogP contribution in [0.1, 0.15) is 0 Å². The standard InChI is InChI=1S/CF2Te/c2-1(3)4. The van der Waals surface area contributed by atoms with Crippen molar-refractivity contribution in [2.45, 2.75) is 0 Å². The van der Waals surface area contributed by atoms with E-state index in [1.165, 1.54) is 0 Å². The van der Waals surface area contributed by atoms with Crippen LogP contribution < -0.4 is 0 Å². The van der Waals surface area contributed by atoms with Gasteiger partial charge in [-0.15, -0.1) is 0 Å². The van der Waals surface area contributed by atoms with E-state index in [2.05, 4.69) is 0 Å².